The molecule has 1 aromatic heterocycles. The number of pyridine rings is 1. The molecule has 1 heterocycles. The first-order chi connectivity index (χ1) is 7.75. The average molecular weight is 219 g/mol. The number of hydrogen-bond donors (Lipinski definition) is 2. The van der Waals surface area contributed by atoms with Crippen LogP contribution in [0.3, 0.4) is 0 Å². The summed E-state index contributed by atoms with van der Waals surface area (Å²) in [7, 11) is 0. The molecule has 0 aliphatic heterocycles. The molecule has 1 fully saturated rings. The van der Waals surface area contributed by atoms with Gasteiger partial charge in [-0.2, -0.15) is 0 Å². The van der Waals surface area contributed by atoms with Gasteiger partial charge in [0.25, 0.3) is 0 Å². The molecule has 0 spiro atoms. The van der Waals surface area contributed by atoms with Gasteiger partial charge < -0.3 is 11.1 Å². The number of hydrogen-bond acceptors (Lipinski definition) is 4. The number of nitrogen functional groups attached to an aromatic ring is 1. The zero-order chi connectivity index (χ0) is 11.4. The highest BCUT2D eigenvalue weighted by Crippen LogP contribution is 2.27. The number of nitrogens with zero attached hydrogens (tertiary/aromatic N) is 1. The lowest BCUT2D eigenvalue weighted by molar-refractivity contribution is -0.117. The van der Waals surface area contributed by atoms with Crippen molar-refractivity contribution in [2.45, 2.75) is 19.3 Å². The third kappa shape index (κ3) is 3.31. The van der Waals surface area contributed by atoms with E-state index < -0.39 is 0 Å². The van der Waals surface area contributed by atoms with Crippen molar-refractivity contribution in [1.29, 1.82) is 0 Å². The van der Waals surface area contributed by atoms with Gasteiger partial charge in [-0.15, -0.1) is 0 Å². The smallest absolute Gasteiger partial charge is 0.151 e. The standard InChI is InChI=1S/C12H17N3O/c13-12-3-4-14-7-10(12)5-11(16)8-15-6-9-1-2-9/h3-4,7,9,15H,1-2,5-6,8H2,(H2,13,14). The topological polar surface area (TPSA) is 68.0 Å². The molecule has 2 rings (SSSR count). The number of nitrogens with one attached hydrogen (secondary N) is 1. The Bertz CT molecular complexity index is 374. The van der Waals surface area contributed by atoms with Crippen LogP contribution in [0.4, 0.5) is 5.69 Å². The van der Waals surface area contributed by atoms with E-state index in [2.05, 4.69) is 10.3 Å². The van der Waals surface area contributed by atoms with Gasteiger partial charge in [0.2, 0.25) is 0 Å². The molecule has 0 bridgehead atoms. The number of rotatable bonds is 6. The van der Waals surface area contributed by atoms with Gasteiger partial charge in [-0.1, -0.05) is 0 Å². The van der Waals surface area contributed by atoms with E-state index >= 15 is 0 Å². The van der Waals surface area contributed by atoms with Crippen LogP contribution in [-0.4, -0.2) is 23.9 Å². The van der Waals surface area contributed by atoms with Crippen molar-refractivity contribution >= 4 is 11.5 Å². The Morgan fingerprint density at radius 2 is 2.38 bits per heavy atom. The van der Waals surface area contributed by atoms with Gasteiger partial charge in [-0.25, -0.2) is 0 Å². The lowest BCUT2D eigenvalue weighted by atomic mass is 10.1. The van der Waals surface area contributed by atoms with Gasteiger partial charge in [-0.3, -0.25) is 9.78 Å². The molecule has 0 aromatic carbocycles. The minimum atomic E-state index is 0.167. The summed E-state index contributed by atoms with van der Waals surface area (Å²) in [6, 6.07) is 1.72. The highest BCUT2D eigenvalue weighted by atomic mass is 16.1. The van der Waals surface area contributed by atoms with Crippen molar-refractivity contribution < 1.29 is 4.79 Å². The zero-order valence-corrected chi connectivity index (χ0v) is 9.28. The monoisotopic (exact) mass is 219 g/mol. The fourth-order valence-corrected chi connectivity index (χ4v) is 1.60. The number of anilines is 1. The Hall–Kier alpha value is -1.42. The molecule has 0 radical (unpaired) electrons. The van der Waals surface area contributed by atoms with Crippen molar-refractivity contribution in [2.75, 3.05) is 18.8 Å². The second-order valence-electron chi connectivity index (χ2n) is 4.36. The molecule has 3 N–H and O–H groups in total. The van der Waals surface area contributed by atoms with Gasteiger partial charge in [0.05, 0.1) is 6.54 Å². The van der Waals surface area contributed by atoms with Crippen LogP contribution in [0.1, 0.15) is 18.4 Å². The van der Waals surface area contributed by atoms with Gasteiger partial charge in [-0.05, 0) is 31.4 Å². The Kier molecular flexibility index (Phi) is 3.51. The van der Waals surface area contributed by atoms with E-state index in [-0.39, 0.29) is 5.78 Å². The molecule has 0 atom stereocenters. The van der Waals surface area contributed by atoms with Gasteiger partial charge in [0.1, 0.15) is 0 Å². The van der Waals surface area contributed by atoms with Crippen molar-refractivity contribution in [3.05, 3.63) is 24.0 Å². The lowest BCUT2D eigenvalue weighted by Gasteiger charge is -2.05. The molecule has 0 saturated heterocycles. The number of ketones is 1. The molecular formula is C12H17N3O. The first-order valence-electron chi connectivity index (χ1n) is 5.66. The summed E-state index contributed by atoms with van der Waals surface area (Å²) in [5.74, 6) is 0.969. The molecular weight excluding hydrogens is 202 g/mol. The SMILES string of the molecule is Nc1ccncc1CC(=O)CNCC1CC1. The van der Waals surface area contributed by atoms with Crippen molar-refractivity contribution in [1.82, 2.24) is 10.3 Å². The Morgan fingerprint density at radius 1 is 1.56 bits per heavy atom. The summed E-state index contributed by atoms with van der Waals surface area (Å²) in [6.07, 6.45) is 6.27. The summed E-state index contributed by atoms with van der Waals surface area (Å²) in [5, 5.41) is 3.18. The van der Waals surface area contributed by atoms with E-state index in [4.69, 9.17) is 5.73 Å². The molecule has 1 aliphatic rings. The van der Waals surface area contributed by atoms with Crippen LogP contribution in [0.5, 0.6) is 0 Å². The minimum absolute atomic E-state index is 0.167. The summed E-state index contributed by atoms with van der Waals surface area (Å²) >= 11 is 0. The largest absolute Gasteiger partial charge is 0.398 e. The van der Waals surface area contributed by atoms with Crippen LogP contribution in [0.2, 0.25) is 0 Å². The Labute approximate surface area is 95.3 Å². The highest BCUT2D eigenvalue weighted by Gasteiger charge is 2.20. The zero-order valence-electron chi connectivity index (χ0n) is 9.28. The Balaban J connectivity index is 1.75. The van der Waals surface area contributed by atoms with Gasteiger partial charge in [0, 0.05) is 30.1 Å². The maximum atomic E-state index is 11.6. The average Bonchev–Trinajstić information content (AvgIpc) is 3.05. The van der Waals surface area contributed by atoms with Crippen molar-refractivity contribution in [3.63, 3.8) is 0 Å². The highest BCUT2D eigenvalue weighted by molar-refractivity contribution is 5.83. The molecule has 0 unspecified atom stereocenters. The lowest BCUT2D eigenvalue weighted by Crippen LogP contribution is -2.26. The maximum Gasteiger partial charge on any atom is 0.151 e. The van der Waals surface area contributed by atoms with Crippen molar-refractivity contribution in [3.8, 4) is 0 Å². The van der Waals surface area contributed by atoms with Crippen LogP contribution in [-0.2, 0) is 11.2 Å². The third-order valence-corrected chi connectivity index (χ3v) is 2.78. The van der Waals surface area contributed by atoms with Crippen molar-refractivity contribution in [2.24, 2.45) is 5.92 Å². The minimum Gasteiger partial charge on any atom is -0.398 e. The maximum absolute atomic E-state index is 11.6. The number of carbonyl (C=O) groups is 1. The molecule has 4 heteroatoms. The quantitative estimate of drug-likeness (QED) is 0.741. The number of carbonyl (C=O) groups excluding carboxylic acids is 1. The Morgan fingerprint density at radius 3 is 3.06 bits per heavy atom. The fourth-order valence-electron chi connectivity index (χ4n) is 1.60. The predicted octanol–water partition coefficient (Wildman–Crippen LogP) is 0.775. The van der Waals surface area contributed by atoms with E-state index in [1.165, 1.54) is 12.8 Å². The van der Waals surface area contributed by atoms with Gasteiger partial charge >= 0.3 is 0 Å². The molecule has 16 heavy (non-hydrogen) atoms. The van der Waals surface area contributed by atoms with Crippen LogP contribution in [0.25, 0.3) is 0 Å². The number of Topliss-reactive ketones (excluding diaryl/α,β-unsaturated/α-hetero) is 1. The van der Waals surface area contributed by atoms with Crippen LogP contribution in [0.15, 0.2) is 18.5 Å². The molecule has 1 aromatic rings. The van der Waals surface area contributed by atoms with Gasteiger partial charge in [0.15, 0.2) is 5.78 Å². The fraction of sp³-hybridized carbons (Fsp3) is 0.500. The summed E-state index contributed by atoms with van der Waals surface area (Å²) in [6.45, 7) is 1.40. The van der Waals surface area contributed by atoms with E-state index in [1.807, 2.05) is 0 Å². The summed E-state index contributed by atoms with van der Waals surface area (Å²) in [4.78, 5) is 15.6. The molecule has 86 valence electrons. The third-order valence-electron chi connectivity index (χ3n) is 2.78. The van der Waals surface area contributed by atoms with Crippen LogP contribution in [0, 0.1) is 5.92 Å². The molecule has 0 amide bonds. The predicted molar refractivity (Wildman–Crippen MR) is 63.0 cm³/mol. The second-order valence-corrected chi connectivity index (χ2v) is 4.36. The number of nitrogens with two attached hydrogens (primary N) is 1. The van der Waals surface area contributed by atoms with E-state index in [0.717, 1.165) is 18.0 Å². The van der Waals surface area contributed by atoms with E-state index in [0.29, 0.717) is 18.7 Å². The summed E-state index contributed by atoms with van der Waals surface area (Å²) in [5.41, 5.74) is 7.21. The molecule has 1 saturated carbocycles. The first-order valence-corrected chi connectivity index (χ1v) is 5.66. The van der Waals surface area contributed by atoms with Crippen LogP contribution >= 0.6 is 0 Å². The summed E-state index contributed by atoms with van der Waals surface area (Å²) < 4.78 is 0. The number of aromatic nitrogens is 1. The van der Waals surface area contributed by atoms with E-state index in [1.54, 1.807) is 18.5 Å². The second kappa shape index (κ2) is 5.07. The normalized spacial score (nSPS) is 15.0. The molecule has 1 aliphatic carbocycles. The van der Waals surface area contributed by atoms with Crippen LogP contribution < -0.4 is 11.1 Å². The first kappa shape index (κ1) is 11.1. The van der Waals surface area contributed by atoms with E-state index in [9.17, 15) is 4.79 Å². The molecule has 4 nitrogen and oxygen atoms in total.